The van der Waals surface area contributed by atoms with Gasteiger partial charge in [-0.2, -0.15) is 0 Å². The van der Waals surface area contributed by atoms with Crippen LogP contribution < -0.4 is 20.7 Å². The summed E-state index contributed by atoms with van der Waals surface area (Å²) in [7, 11) is 4.19. The third kappa shape index (κ3) is 16.9. The van der Waals surface area contributed by atoms with Crippen molar-refractivity contribution >= 4 is 59.1 Å². The van der Waals surface area contributed by atoms with E-state index < -0.39 is 156 Å². The van der Waals surface area contributed by atoms with Gasteiger partial charge in [0.2, 0.25) is 35.4 Å². The number of fused-ring (bicyclic) bond motifs is 1. The Bertz CT molecular complexity index is 2360. The molecule has 7 amide bonds. The van der Waals surface area contributed by atoms with Crippen molar-refractivity contribution < 1.29 is 77.5 Å². The molecular formula is C57H89N7O16. The molecule has 3 heterocycles. The van der Waals surface area contributed by atoms with E-state index in [4.69, 9.17) is 14.2 Å². The fourth-order valence-electron chi connectivity index (χ4n) is 10.5. The van der Waals surface area contributed by atoms with Crippen LogP contribution in [0.2, 0.25) is 0 Å². The molecule has 0 aliphatic carbocycles. The standard InChI is InChI=1S/C57H89N7O16/c1-15-32(8)46-44(67)27-45(68)80-49(31(6)7)48(69)33(9)50(70)58-39(23-29(2)3)54(74)63-22-16-17-40(63)55(75)62(13)43(25-36-18-20-38(78-14)21-19-36)57(77)79-35(11)47(52(72)59-46)60-51(71)41(24-30(4)5)61(12)56(76)42-26-37(66)28-64(42)53(73)34(10)65/h18-21,29-35,37,39-44,46-47,49,65-67H,15-17,22-28H2,1-14H3,(H,58,70)(H,59,72)(H,60,71)/t32-,33-,34-,35+,37+,39-,40-,41+,42-,43-,44-,46+,47-,49-/m0/s1. The number of benzene rings is 1. The smallest absolute Gasteiger partial charge is 0.329 e. The van der Waals surface area contributed by atoms with E-state index in [0.717, 1.165) is 9.80 Å². The summed E-state index contributed by atoms with van der Waals surface area (Å²) in [6.45, 7) is 17.7. The summed E-state index contributed by atoms with van der Waals surface area (Å²) in [6.07, 6.45) is -7.39. The molecule has 23 heteroatoms. The number of amides is 7. The molecule has 0 bridgehead atoms. The molecule has 0 aromatic heterocycles. The van der Waals surface area contributed by atoms with Crippen molar-refractivity contribution in [3.05, 3.63) is 29.8 Å². The summed E-state index contributed by atoms with van der Waals surface area (Å²) in [5.41, 5.74) is 0.555. The zero-order valence-electron chi connectivity index (χ0n) is 49.1. The number of methoxy groups -OCH3 is 1. The maximum absolute atomic E-state index is 15.0. The van der Waals surface area contributed by atoms with Crippen molar-refractivity contribution in [1.29, 1.82) is 0 Å². The van der Waals surface area contributed by atoms with Crippen LogP contribution in [0.15, 0.2) is 24.3 Å². The van der Waals surface area contributed by atoms with Crippen LogP contribution in [-0.2, 0) is 63.8 Å². The van der Waals surface area contributed by atoms with Crippen LogP contribution in [0.3, 0.4) is 0 Å². The second-order valence-corrected chi connectivity index (χ2v) is 23.2. The van der Waals surface area contributed by atoms with Gasteiger partial charge in [0.05, 0.1) is 37.7 Å². The van der Waals surface area contributed by atoms with Crippen LogP contribution >= 0.6 is 0 Å². The number of likely N-dealkylation sites (tertiary alicyclic amines) is 1. The molecule has 0 radical (unpaired) electrons. The number of Topliss-reactive ketones (excluding diaryl/α,β-unsaturated/α-hetero) is 1. The minimum atomic E-state index is -1.81. The number of cyclic esters (lactones) is 2. The quantitative estimate of drug-likeness (QED) is 0.107. The topological polar surface area (TPSA) is 308 Å². The number of hydrogen-bond donors (Lipinski definition) is 6. The van der Waals surface area contributed by atoms with E-state index in [9.17, 15) is 58.5 Å². The Kier molecular flexibility index (Phi) is 24.4. The molecule has 4 rings (SSSR count). The van der Waals surface area contributed by atoms with E-state index in [1.54, 1.807) is 65.8 Å². The number of aliphatic hydroxyl groups is 3. The minimum Gasteiger partial charge on any atom is -0.497 e. The Labute approximate surface area is 470 Å². The predicted molar refractivity (Wildman–Crippen MR) is 292 cm³/mol. The number of rotatable bonds is 15. The molecule has 6 N–H and O–H groups in total. The summed E-state index contributed by atoms with van der Waals surface area (Å²) in [5, 5.41) is 40.8. The lowest BCUT2D eigenvalue weighted by Gasteiger charge is -2.36. The van der Waals surface area contributed by atoms with Gasteiger partial charge in [0, 0.05) is 40.0 Å². The summed E-state index contributed by atoms with van der Waals surface area (Å²) in [6, 6.07) is -2.72. The van der Waals surface area contributed by atoms with Crippen LogP contribution in [0.5, 0.6) is 5.75 Å². The van der Waals surface area contributed by atoms with E-state index in [2.05, 4.69) is 16.0 Å². The minimum absolute atomic E-state index is 0.00510. The lowest BCUT2D eigenvalue weighted by atomic mass is 9.91. The molecular weight excluding hydrogens is 1040 g/mol. The van der Waals surface area contributed by atoms with Crippen molar-refractivity contribution in [1.82, 2.24) is 35.6 Å². The molecule has 3 saturated heterocycles. The third-order valence-corrected chi connectivity index (χ3v) is 15.5. The molecule has 23 nitrogen and oxygen atoms in total. The molecule has 14 atom stereocenters. The van der Waals surface area contributed by atoms with Crippen LogP contribution in [0, 0.1) is 29.6 Å². The van der Waals surface area contributed by atoms with Gasteiger partial charge in [-0.25, -0.2) is 4.79 Å². The number of ketones is 1. The predicted octanol–water partition coefficient (Wildman–Crippen LogP) is 1.29. The van der Waals surface area contributed by atoms with Gasteiger partial charge in [-0.15, -0.1) is 0 Å². The van der Waals surface area contributed by atoms with Gasteiger partial charge < -0.3 is 65.1 Å². The van der Waals surface area contributed by atoms with Crippen molar-refractivity contribution in [2.75, 3.05) is 34.3 Å². The molecule has 3 aliphatic rings. The first-order valence-corrected chi connectivity index (χ1v) is 28.1. The number of carbonyl (C=O) groups is 10. The maximum Gasteiger partial charge on any atom is 0.329 e. The summed E-state index contributed by atoms with van der Waals surface area (Å²) < 4.78 is 17.2. The lowest BCUT2D eigenvalue weighted by Crippen LogP contribution is -2.62. The van der Waals surface area contributed by atoms with Crippen molar-refractivity contribution in [3.63, 3.8) is 0 Å². The Morgan fingerprint density at radius 3 is 2.09 bits per heavy atom. The van der Waals surface area contributed by atoms with Crippen LogP contribution in [-0.4, -0.2) is 201 Å². The summed E-state index contributed by atoms with van der Waals surface area (Å²) >= 11 is 0. The van der Waals surface area contributed by atoms with Crippen LogP contribution in [0.25, 0.3) is 0 Å². The summed E-state index contributed by atoms with van der Waals surface area (Å²) in [4.78, 5) is 148. The number of likely N-dealkylation sites (N-methyl/N-ethyl adjacent to an activating group) is 2. The molecule has 448 valence electrons. The number of aliphatic hydroxyl groups excluding tert-OH is 3. The largest absolute Gasteiger partial charge is 0.497 e. The molecule has 0 unspecified atom stereocenters. The zero-order chi connectivity index (χ0) is 60.2. The monoisotopic (exact) mass is 1130 g/mol. The Balaban J connectivity index is 1.89. The first kappa shape index (κ1) is 66.3. The number of ether oxygens (including phenoxy) is 3. The van der Waals surface area contributed by atoms with Gasteiger partial charge in [0.1, 0.15) is 54.2 Å². The van der Waals surface area contributed by atoms with Gasteiger partial charge in [-0.1, -0.05) is 73.9 Å². The number of nitrogens with zero attached hydrogens (tertiary/aromatic N) is 4. The first-order valence-electron chi connectivity index (χ1n) is 28.1. The average Bonchev–Trinajstić information content (AvgIpc) is 4.07. The highest BCUT2D eigenvalue weighted by Crippen LogP contribution is 2.27. The van der Waals surface area contributed by atoms with E-state index in [0.29, 0.717) is 24.2 Å². The Morgan fingerprint density at radius 1 is 0.887 bits per heavy atom. The van der Waals surface area contributed by atoms with E-state index in [1.807, 2.05) is 13.8 Å². The number of esters is 2. The highest BCUT2D eigenvalue weighted by Gasteiger charge is 2.47. The number of β-amino-alcohol motifs (C(OH)–C–C–N with tert-alkyl or cyclic N) is 1. The van der Waals surface area contributed by atoms with E-state index in [1.165, 1.54) is 51.8 Å². The normalized spacial score (nSPS) is 28.4. The molecule has 1 aromatic rings. The van der Waals surface area contributed by atoms with Gasteiger partial charge in [0.25, 0.3) is 5.91 Å². The van der Waals surface area contributed by atoms with Gasteiger partial charge in [-0.05, 0) is 87.8 Å². The fraction of sp³-hybridized carbons (Fsp3) is 0.719. The molecule has 0 spiro atoms. The number of carbonyl (C=O) groups excluding carboxylic acids is 10. The Morgan fingerprint density at radius 2 is 1.52 bits per heavy atom. The molecule has 80 heavy (non-hydrogen) atoms. The SMILES string of the molecule is CC[C@H](C)[C@H]1NC(=O)[C@@H](NC(=O)[C@@H](CC(C)C)N(C)C(=O)[C@@H]2C[C@@H](O)CN2C(=O)[C@H](C)O)[C@@H](C)OC(=O)[C@H](Cc2ccc(OC)cc2)N(C)C(=O)[C@@H]2CCCN2C(=O)[C@H](CC(C)C)NC(=O)[C@@H](C)C(=O)[C@H](C(C)C)OC(=O)C[C@@H]1O. The second-order valence-electron chi connectivity index (χ2n) is 23.2. The third-order valence-electron chi connectivity index (χ3n) is 15.5. The van der Waals surface area contributed by atoms with E-state index >= 15 is 4.79 Å². The number of hydrogen-bond acceptors (Lipinski definition) is 16. The van der Waals surface area contributed by atoms with Crippen molar-refractivity contribution in [3.8, 4) is 5.75 Å². The van der Waals surface area contributed by atoms with Crippen molar-refractivity contribution in [2.24, 2.45) is 29.6 Å². The molecule has 3 fully saturated rings. The van der Waals surface area contributed by atoms with Crippen molar-refractivity contribution in [2.45, 2.75) is 200 Å². The highest BCUT2D eigenvalue weighted by atomic mass is 16.6. The average molecular weight is 1130 g/mol. The summed E-state index contributed by atoms with van der Waals surface area (Å²) in [5.74, 6) is -10.9. The lowest BCUT2D eigenvalue weighted by molar-refractivity contribution is -0.163. The van der Waals surface area contributed by atoms with Gasteiger partial charge >= 0.3 is 11.9 Å². The fourth-order valence-corrected chi connectivity index (χ4v) is 10.5. The molecule has 3 aliphatic heterocycles. The van der Waals surface area contributed by atoms with Gasteiger partial charge in [-0.3, -0.25) is 43.2 Å². The van der Waals surface area contributed by atoms with Crippen LogP contribution in [0.4, 0.5) is 0 Å². The first-order chi connectivity index (χ1) is 37.4. The molecule has 0 saturated carbocycles. The van der Waals surface area contributed by atoms with Crippen LogP contribution in [0.1, 0.15) is 127 Å². The zero-order valence-corrected chi connectivity index (χ0v) is 49.1. The maximum atomic E-state index is 15.0. The molecule has 1 aromatic carbocycles. The van der Waals surface area contributed by atoms with Gasteiger partial charge in [0.15, 0.2) is 11.9 Å². The Hall–Kier alpha value is -6.20. The highest BCUT2D eigenvalue weighted by molar-refractivity contribution is 6.05. The number of nitrogens with one attached hydrogen (secondary N) is 3. The van der Waals surface area contributed by atoms with E-state index in [-0.39, 0.29) is 57.0 Å². The second kappa shape index (κ2) is 29.5.